The van der Waals surface area contributed by atoms with Crippen molar-refractivity contribution in [1.29, 1.82) is 0 Å². The zero-order valence-corrected chi connectivity index (χ0v) is 14.1. The monoisotopic (exact) mass is 321 g/mol. The summed E-state index contributed by atoms with van der Waals surface area (Å²) in [5, 5.41) is 7.49. The molecule has 4 nitrogen and oxygen atoms in total. The molecule has 0 aliphatic rings. The van der Waals surface area contributed by atoms with Crippen LogP contribution in [-0.4, -0.2) is 16.8 Å². The predicted octanol–water partition coefficient (Wildman–Crippen LogP) is 4.75. The van der Waals surface area contributed by atoms with Crippen LogP contribution in [0.1, 0.15) is 20.3 Å². The summed E-state index contributed by atoms with van der Waals surface area (Å²) in [5.74, 6) is 1.52. The number of nitrogen functional groups attached to an aromatic ring is 1. The number of benzene rings is 2. The molecule has 1 aromatic heterocycles. The van der Waals surface area contributed by atoms with E-state index in [0.29, 0.717) is 5.92 Å². The first-order valence-corrected chi connectivity index (χ1v) is 8.26. The van der Waals surface area contributed by atoms with Crippen LogP contribution < -0.4 is 10.5 Å². The van der Waals surface area contributed by atoms with Crippen molar-refractivity contribution in [3.8, 4) is 28.3 Å². The Morgan fingerprint density at radius 3 is 2.62 bits per heavy atom. The second-order valence-corrected chi connectivity index (χ2v) is 6.35. The molecule has 3 N–H and O–H groups in total. The molecule has 24 heavy (non-hydrogen) atoms. The summed E-state index contributed by atoms with van der Waals surface area (Å²) in [5.41, 5.74) is 10.5. The smallest absolute Gasteiger partial charge is 0.119 e. The highest BCUT2D eigenvalue weighted by Crippen LogP contribution is 2.27. The Morgan fingerprint density at radius 2 is 1.83 bits per heavy atom. The fourth-order valence-electron chi connectivity index (χ4n) is 2.48. The Hall–Kier alpha value is -2.75. The SMILES string of the molecule is CC(C)CCOc1cccc(-c2cc(-c3cccc(N)c3)n[nH]2)c1. The zero-order chi connectivity index (χ0) is 16.9. The third-order valence-electron chi connectivity index (χ3n) is 3.87. The van der Waals surface area contributed by atoms with E-state index in [1.165, 1.54) is 0 Å². The van der Waals surface area contributed by atoms with Gasteiger partial charge in [0.05, 0.1) is 18.0 Å². The number of hydrogen-bond donors (Lipinski definition) is 2. The van der Waals surface area contributed by atoms with E-state index in [1.807, 2.05) is 54.6 Å². The molecule has 0 atom stereocenters. The van der Waals surface area contributed by atoms with Crippen LogP contribution in [0.15, 0.2) is 54.6 Å². The summed E-state index contributed by atoms with van der Waals surface area (Å²) in [7, 11) is 0. The maximum atomic E-state index is 5.85. The fourth-order valence-corrected chi connectivity index (χ4v) is 2.48. The first-order valence-electron chi connectivity index (χ1n) is 8.26. The summed E-state index contributed by atoms with van der Waals surface area (Å²) >= 11 is 0. The van der Waals surface area contributed by atoms with Crippen LogP contribution in [0.4, 0.5) is 5.69 Å². The van der Waals surface area contributed by atoms with Gasteiger partial charge in [0.15, 0.2) is 0 Å². The Bertz CT molecular complexity index is 808. The van der Waals surface area contributed by atoms with Gasteiger partial charge >= 0.3 is 0 Å². The molecular formula is C20H23N3O. The number of aromatic nitrogens is 2. The van der Waals surface area contributed by atoms with Gasteiger partial charge in [0.2, 0.25) is 0 Å². The number of hydrogen-bond acceptors (Lipinski definition) is 3. The lowest BCUT2D eigenvalue weighted by Crippen LogP contribution is -2.01. The van der Waals surface area contributed by atoms with Gasteiger partial charge < -0.3 is 10.5 Å². The van der Waals surface area contributed by atoms with Crippen LogP contribution in [0, 0.1) is 5.92 Å². The number of nitrogens with one attached hydrogen (secondary N) is 1. The van der Waals surface area contributed by atoms with Crippen LogP contribution in [0.3, 0.4) is 0 Å². The molecule has 3 aromatic rings. The second kappa shape index (κ2) is 7.21. The highest BCUT2D eigenvalue weighted by molar-refractivity contribution is 5.70. The maximum Gasteiger partial charge on any atom is 0.119 e. The zero-order valence-electron chi connectivity index (χ0n) is 14.1. The highest BCUT2D eigenvalue weighted by atomic mass is 16.5. The molecule has 0 spiro atoms. The van der Waals surface area contributed by atoms with Crippen LogP contribution in [0.25, 0.3) is 22.5 Å². The van der Waals surface area contributed by atoms with Gasteiger partial charge in [-0.2, -0.15) is 5.10 Å². The van der Waals surface area contributed by atoms with Gasteiger partial charge in [0, 0.05) is 16.8 Å². The van der Waals surface area contributed by atoms with Gasteiger partial charge in [0.1, 0.15) is 5.75 Å². The van der Waals surface area contributed by atoms with E-state index in [9.17, 15) is 0 Å². The quantitative estimate of drug-likeness (QED) is 0.644. The van der Waals surface area contributed by atoms with Gasteiger partial charge in [-0.15, -0.1) is 0 Å². The Balaban J connectivity index is 1.77. The predicted molar refractivity (Wildman–Crippen MR) is 98.8 cm³/mol. The van der Waals surface area contributed by atoms with E-state index < -0.39 is 0 Å². The number of nitrogens with two attached hydrogens (primary N) is 1. The molecular weight excluding hydrogens is 298 g/mol. The van der Waals surface area contributed by atoms with Crippen LogP contribution >= 0.6 is 0 Å². The Labute approximate surface area is 142 Å². The molecule has 4 heteroatoms. The molecule has 124 valence electrons. The number of ether oxygens (including phenoxy) is 1. The molecule has 0 bridgehead atoms. The third kappa shape index (κ3) is 3.96. The molecule has 0 fully saturated rings. The van der Waals surface area contributed by atoms with Crippen molar-refractivity contribution in [2.24, 2.45) is 5.92 Å². The fraction of sp³-hybridized carbons (Fsp3) is 0.250. The molecule has 0 unspecified atom stereocenters. The molecule has 0 saturated carbocycles. The molecule has 2 aromatic carbocycles. The second-order valence-electron chi connectivity index (χ2n) is 6.35. The summed E-state index contributed by atoms with van der Waals surface area (Å²) in [4.78, 5) is 0. The molecule has 0 radical (unpaired) electrons. The minimum absolute atomic E-state index is 0.640. The largest absolute Gasteiger partial charge is 0.494 e. The molecule has 1 heterocycles. The van der Waals surface area contributed by atoms with Gasteiger partial charge in [-0.25, -0.2) is 0 Å². The van der Waals surface area contributed by atoms with Gasteiger partial charge in [-0.05, 0) is 42.7 Å². The van der Waals surface area contributed by atoms with Crippen molar-refractivity contribution >= 4 is 5.69 Å². The van der Waals surface area contributed by atoms with Gasteiger partial charge in [0.25, 0.3) is 0 Å². The summed E-state index contributed by atoms with van der Waals surface area (Å²) < 4.78 is 5.84. The molecule has 0 saturated heterocycles. The highest BCUT2D eigenvalue weighted by Gasteiger charge is 2.07. The van der Waals surface area contributed by atoms with Crippen molar-refractivity contribution in [2.45, 2.75) is 20.3 Å². The third-order valence-corrected chi connectivity index (χ3v) is 3.87. The Kier molecular flexibility index (Phi) is 4.85. The van der Waals surface area contributed by atoms with E-state index in [2.05, 4.69) is 24.0 Å². The molecule has 3 rings (SSSR count). The normalized spacial score (nSPS) is 11.0. The first kappa shape index (κ1) is 16.1. The molecule has 0 aliphatic carbocycles. The van der Waals surface area contributed by atoms with Crippen molar-refractivity contribution in [3.05, 3.63) is 54.6 Å². The van der Waals surface area contributed by atoms with E-state index in [-0.39, 0.29) is 0 Å². The molecule has 0 amide bonds. The van der Waals surface area contributed by atoms with Crippen molar-refractivity contribution < 1.29 is 4.74 Å². The number of nitrogens with zero attached hydrogens (tertiary/aromatic N) is 1. The van der Waals surface area contributed by atoms with Gasteiger partial charge in [-0.1, -0.05) is 38.1 Å². The van der Waals surface area contributed by atoms with Crippen molar-refractivity contribution in [1.82, 2.24) is 10.2 Å². The Morgan fingerprint density at radius 1 is 1.04 bits per heavy atom. The summed E-state index contributed by atoms with van der Waals surface area (Å²) in [6.07, 6.45) is 1.05. The van der Waals surface area contributed by atoms with Crippen molar-refractivity contribution in [3.63, 3.8) is 0 Å². The molecule has 0 aliphatic heterocycles. The van der Waals surface area contributed by atoms with E-state index >= 15 is 0 Å². The first-order chi connectivity index (χ1) is 11.6. The van der Waals surface area contributed by atoms with Gasteiger partial charge in [-0.3, -0.25) is 5.10 Å². The summed E-state index contributed by atoms with van der Waals surface area (Å²) in [6, 6.07) is 17.8. The standard InChI is InChI=1S/C20H23N3O/c1-14(2)9-10-24-18-8-4-6-16(12-18)20-13-19(22-23-20)15-5-3-7-17(21)11-15/h3-8,11-14H,9-10,21H2,1-2H3,(H,22,23). The number of H-pyrrole nitrogens is 1. The van der Waals surface area contributed by atoms with Crippen LogP contribution in [0.2, 0.25) is 0 Å². The number of aromatic amines is 1. The van der Waals surface area contributed by atoms with Crippen LogP contribution in [-0.2, 0) is 0 Å². The summed E-state index contributed by atoms with van der Waals surface area (Å²) in [6.45, 7) is 5.13. The lowest BCUT2D eigenvalue weighted by molar-refractivity contribution is 0.289. The van der Waals surface area contributed by atoms with E-state index in [1.54, 1.807) is 0 Å². The number of rotatable bonds is 6. The van der Waals surface area contributed by atoms with Crippen LogP contribution in [0.5, 0.6) is 5.75 Å². The van der Waals surface area contributed by atoms with E-state index in [4.69, 9.17) is 10.5 Å². The van der Waals surface area contributed by atoms with E-state index in [0.717, 1.165) is 47.0 Å². The average molecular weight is 321 g/mol. The number of anilines is 1. The lowest BCUT2D eigenvalue weighted by Gasteiger charge is -2.08. The average Bonchev–Trinajstić information content (AvgIpc) is 3.05. The minimum Gasteiger partial charge on any atom is -0.494 e. The lowest BCUT2D eigenvalue weighted by atomic mass is 10.1. The minimum atomic E-state index is 0.640. The maximum absolute atomic E-state index is 5.85. The van der Waals surface area contributed by atoms with Crippen molar-refractivity contribution in [2.75, 3.05) is 12.3 Å². The topological polar surface area (TPSA) is 63.9 Å².